The quantitative estimate of drug-likeness (QED) is 0.487. The third-order valence-electron chi connectivity index (χ3n) is 1.91. The van der Waals surface area contributed by atoms with Crippen molar-refractivity contribution in [3.63, 3.8) is 0 Å². The number of amides is 1. The Morgan fingerprint density at radius 2 is 2.24 bits per heavy atom. The second-order valence-corrected chi connectivity index (χ2v) is 3.29. The van der Waals surface area contributed by atoms with Gasteiger partial charge in [-0.1, -0.05) is 6.07 Å². The number of halogens is 2. The highest BCUT2D eigenvalue weighted by Gasteiger charge is 2.13. The Bertz CT molecular complexity index is 401. The fraction of sp³-hybridized carbons (Fsp3) is 0.300. The molecule has 0 radical (unpaired) electrons. The maximum absolute atomic E-state index is 13.2. The fourth-order valence-electron chi connectivity index (χ4n) is 1.14. The number of carbonyl (C=O) groups excluding carboxylic acids is 1. The molecule has 1 amide bonds. The molecule has 5 nitrogen and oxygen atoms in total. The molecule has 0 heterocycles. The van der Waals surface area contributed by atoms with Crippen LogP contribution in [0.25, 0.3) is 0 Å². The predicted octanol–water partition coefficient (Wildman–Crippen LogP) is 0.00470. The molecule has 1 aromatic rings. The summed E-state index contributed by atoms with van der Waals surface area (Å²) in [6.07, 6.45) is -1.22. The van der Waals surface area contributed by atoms with Gasteiger partial charge in [-0.2, -0.15) is 5.48 Å². The van der Waals surface area contributed by atoms with Crippen LogP contribution in [0.3, 0.4) is 0 Å². The highest BCUT2D eigenvalue weighted by Crippen LogP contribution is 2.17. The van der Waals surface area contributed by atoms with Crippen LogP contribution in [0.1, 0.15) is 11.7 Å². The van der Waals surface area contributed by atoms with Gasteiger partial charge in [0, 0.05) is 11.6 Å². The Balaban J connectivity index is 2.46. The summed E-state index contributed by atoms with van der Waals surface area (Å²) in [7, 11) is 0. The lowest BCUT2D eigenvalue weighted by molar-refractivity contribution is -0.125. The van der Waals surface area contributed by atoms with Gasteiger partial charge in [-0.15, -0.1) is 0 Å². The number of nitrogens with one attached hydrogen (secondary N) is 1. The van der Waals surface area contributed by atoms with Crippen molar-refractivity contribution in [3.8, 4) is 0 Å². The second kappa shape index (κ2) is 6.24. The molecule has 0 fully saturated rings. The zero-order chi connectivity index (χ0) is 12.8. The molecule has 0 aromatic heterocycles. The number of primary amides is 1. The zero-order valence-corrected chi connectivity index (χ0v) is 8.82. The van der Waals surface area contributed by atoms with Crippen LogP contribution >= 0.6 is 0 Å². The standard InChI is InChI=1S/C10H12F2N2O3/c11-6-1-2-7(8(12)3-6)9(15)4-14-17-5-10(13)16/h1-3,9,14-15H,4-5H2,(H2,13,16). The third kappa shape index (κ3) is 4.43. The van der Waals surface area contributed by atoms with Gasteiger partial charge in [-0.25, -0.2) is 8.78 Å². The van der Waals surface area contributed by atoms with Crippen molar-refractivity contribution in [2.24, 2.45) is 5.73 Å². The normalized spacial score (nSPS) is 12.4. The summed E-state index contributed by atoms with van der Waals surface area (Å²) < 4.78 is 25.8. The third-order valence-corrected chi connectivity index (χ3v) is 1.91. The van der Waals surface area contributed by atoms with Gasteiger partial charge in [-0.3, -0.25) is 9.63 Å². The van der Waals surface area contributed by atoms with Crippen molar-refractivity contribution in [2.45, 2.75) is 6.10 Å². The Labute approximate surface area is 96.1 Å². The van der Waals surface area contributed by atoms with Crippen molar-refractivity contribution in [1.29, 1.82) is 0 Å². The van der Waals surface area contributed by atoms with Crippen molar-refractivity contribution >= 4 is 5.91 Å². The van der Waals surface area contributed by atoms with E-state index in [0.29, 0.717) is 6.07 Å². The topological polar surface area (TPSA) is 84.6 Å². The van der Waals surface area contributed by atoms with Crippen LogP contribution in [-0.2, 0) is 9.63 Å². The van der Waals surface area contributed by atoms with Crippen LogP contribution in [0.15, 0.2) is 18.2 Å². The predicted molar refractivity (Wildman–Crippen MR) is 54.5 cm³/mol. The number of nitrogens with two attached hydrogens (primary N) is 1. The van der Waals surface area contributed by atoms with Crippen molar-refractivity contribution < 1.29 is 23.5 Å². The Hall–Kier alpha value is -1.57. The van der Waals surface area contributed by atoms with Crippen molar-refractivity contribution in [1.82, 2.24) is 5.48 Å². The Morgan fingerprint density at radius 3 is 2.82 bits per heavy atom. The molecule has 94 valence electrons. The highest BCUT2D eigenvalue weighted by molar-refractivity contribution is 5.74. The number of benzene rings is 1. The van der Waals surface area contributed by atoms with E-state index < -0.39 is 23.6 Å². The average molecular weight is 246 g/mol. The molecule has 4 N–H and O–H groups in total. The molecule has 1 unspecified atom stereocenters. The summed E-state index contributed by atoms with van der Waals surface area (Å²) in [6.45, 7) is -0.519. The van der Waals surface area contributed by atoms with Crippen molar-refractivity contribution in [3.05, 3.63) is 35.4 Å². The summed E-state index contributed by atoms with van der Waals surface area (Å²) >= 11 is 0. The van der Waals surface area contributed by atoms with Gasteiger partial charge < -0.3 is 10.8 Å². The molecule has 0 saturated carbocycles. The van der Waals surface area contributed by atoms with Crippen LogP contribution in [0, 0.1) is 11.6 Å². The van der Waals surface area contributed by atoms with E-state index in [4.69, 9.17) is 5.73 Å². The second-order valence-electron chi connectivity index (χ2n) is 3.29. The summed E-state index contributed by atoms with van der Waals surface area (Å²) in [5.74, 6) is -2.26. The molecule has 0 spiro atoms. The van der Waals surface area contributed by atoms with Gasteiger partial charge in [0.1, 0.15) is 18.2 Å². The molecule has 0 aliphatic rings. The molecule has 0 bridgehead atoms. The number of aliphatic hydroxyl groups is 1. The molecule has 0 aliphatic heterocycles. The van der Waals surface area contributed by atoms with Gasteiger partial charge in [0.25, 0.3) is 0 Å². The lowest BCUT2D eigenvalue weighted by Crippen LogP contribution is -2.28. The van der Waals surface area contributed by atoms with Crippen LogP contribution in [0.2, 0.25) is 0 Å². The first kappa shape index (κ1) is 13.5. The fourth-order valence-corrected chi connectivity index (χ4v) is 1.14. The molecule has 0 aliphatic carbocycles. The van der Waals surface area contributed by atoms with Gasteiger partial charge >= 0.3 is 0 Å². The zero-order valence-electron chi connectivity index (χ0n) is 8.82. The largest absolute Gasteiger partial charge is 0.387 e. The van der Waals surface area contributed by atoms with Gasteiger partial charge in [0.15, 0.2) is 0 Å². The first-order valence-corrected chi connectivity index (χ1v) is 4.76. The lowest BCUT2D eigenvalue weighted by atomic mass is 10.1. The van der Waals surface area contributed by atoms with Gasteiger partial charge in [-0.05, 0) is 6.07 Å². The maximum atomic E-state index is 13.2. The summed E-state index contributed by atoms with van der Waals surface area (Å²) in [5.41, 5.74) is 6.97. The number of hydroxylamine groups is 1. The molecular formula is C10H12F2N2O3. The summed E-state index contributed by atoms with van der Waals surface area (Å²) in [6, 6.07) is 2.83. The SMILES string of the molecule is NC(=O)CONCC(O)c1ccc(F)cc1F. The average Bonchev–Trinajstić information content (AvgIpc) is 2.23. The van der Waals surface area contributed by atoms with E-state index >= 15 is 0 Å². The van der Waals surface area contributed by atoms with Crippen LogP contribution in [0.5, 0.6) is 0 Å². The maximum Gasteiger partial charge on any atom is 0.245 e. The Kier molecular flexibility index (Phi) is 4.95. The molecule has 0 saturated heterocycles. The first-order valence-electron chi connectivity index (χ1n) is 4.76. The molecule has 1 rings (SSSR count). The van der Waals surface area contributed by atoms with Crippen LogP contribution < -0.4 is 11.2 Å². The monoisotopic (exact) mass is 246 g/mol. The number of rotatable bonds is 6. The Morgan fingerprint density at radius 1 is 1.53 bits per heavy atom. The smallest absolute Gasteiger partial charge is 0.245 e. The lowest BCUT2D eigenvalue weighted by Gasteiger charge is -2.12. The highest BCUT2D eigenvalue weighted by atomic mass is 19.1. The first-order chi connectivity index (χ1) is 8.00. The number of aliphatic hydroxyl groups excluding tert-OH is 1. The molecule has 1 atom stereocenters. The molecule has 17 heavy (non-hydrogen) atoms. The minimum atomic E-state index is -1.22. The number of carbonyl (C=O) groups is 1. The molecule has 7 heteroatoms. The van der Waals surface area contributed by atoms with E-state index in [1.807, 2.05) is 0 Å². The van der Waals surface area contributed by atoms with E-state index in [1.54, 1.807) is 0 Å². The van der Waals surface area contributed by atoms with Crippen LogP contribution in [-0.4, -0.2) is 24.2 Å². The van der Waals surface area contributed by atoms with Crippen molar-refractivity contribution in [2.75, 3.05) is 13.2 Å². The van der Waals surface area contributed by atoms with E-state index in [9.17, 15) is 18.7 Å². The minimum Gasteiger partial charge on any atom is -0.387 e. The molecule has 1 aromatic carbocycles. The van der Waals surface area contributed by atoms with Gasteiger partial charge in [0.2, 0.25) is 5.91 Å². The summed E-state index contributed by atoms with van der Waals surface area (Å²) in [5, 5.41) is 9.54. The number of hydrogen-bond donors (Lipinski definition) is 3. The van der Waals surface area contributed by atoms with E-state index in [0.717, 1.165) is 12.1 Å². The molecular weight excluding hydrogens is 234 g/mol. The van der Waals surface area contributed by atoms with Gasteiger partial charge in [0.05, 0.1) is 12.6 Å². The van der Waals surface area contributed by atoms with E-state index in [2.05, 4.69) is 10.3 Å². The van der Waals surface area contributed by atoms with E-state index in [-0.39, 0.29) is 18.7 Å². The van der Waals surface area contributed by atoms with Crippen LogP contribution in [0.4, 0.5) is 8.78 Å². The summed E-state index contributed by atoms with van der Waals surface area (Å²) in [4.78, 5) is 14.9. The van der Waals surface area contributed by atoms with E-state index in [1.165, 1.54) is 0 Å². The number of hydrogen-bond acceptors (Lipinski definition) is 4. The minimum absolute atomic E-state index is 0.0680.